The Morgan fingerprint density at radius 3 is 2.91 bits per heavy atom. The van der Waals surface area contributed by atoms with E-state index in [4.69, 9.17) is 5.26 Å². The Bertz CT molecular complexity index is 727. The smallest absolute Gasteiger partial charge is 0.257 e. The summed E-state index contributed by atoms with van der Waals surface area (Å²) in [5.41, 5.74) is 2.23. The SMILES string of the molecule is CC[C@H]1CCc2nc(NC(=O)c3ccc(C#N)cc3)sc2C1. The minimum absolute atomic E-state index is 0.178. The number of nitrogens with zero attached hydrogens (tertiary/aromatic N) is 2. The number of hydrogen-bond acceptors (Lipinski definition) is 4. The summed E-state index contributed by atoms with van der Waals surface area (Å²) in [4.78, 5) is 18.1. The average Bonchev–Trinajstić information content (AvgIpc) is 2.95. The van der Waals surface area contributed by atoms with Crippen LogP contribution >= 0.6 is 11.3 Å². The Labute approximate surface area is 133 Å². The number of carbonyl (C=O) groups is 1. The third-order valence-electron chi connectivity index (χ3n) is 4.12. The summed E-state index contributed by atoms with van der Waals surface area (Å²) in [6, 6.07) is 8.66. The van der Waals surface area contributed by atoms with Gasteiger partial charge in [0.2, 0.25) is 0 Å². The van der Waals surface area contributed by atoms with Crippen LogP contribution in [0.2, 0.25) is 0 Å². The van der Waals surface area contributed by atoms with Crippen molar-refractivity contribution in [3.63, 3.8) is 0 Å². The fraction of sp³-hybridized carbons (Fsp3) is 0.353. The Balaban J connectivity index is 1.72. The summed E-state index contributed by atoms with van der Waals surface area (Å²) in [5.74, 6) is 0.567. The number of fused-ring (bicyclic) bond motifs is 1. The molecule has 22 heavy (non-hydrogen) atoms. The van der Waals surface area contributed by atoms with Gasteiger partial charge in [-0.1, -0.05) is 13.3 Å². The molecule has 112 valence electrons. The standard InChI is InChI=1S/C17H17N3OS/c1-2-11-5-8-14-15(9-11)22-17(19-14)20-16(21)13-6-3-12(10-18)4-7-13/h3-4,6-7,11H,2,5,8-9H2,1H3,(H,19,20,21)/t11-/m0/s1. The van der Waals surface area contributed by atoms with Crippen molar-refractivity contribution in [1.82, 2.24) is 4.98 Å². The molecule has 0 saturated carbocycles. The zero-order valence-electron chi connectivity index (χ0n) is 12.4. The lowest BCUT2D eigenvalue weighted by molar-refractivity contribution is 0.102. The van der Waals surface area contributed by atoms with E-state index in [1.165, 1.54) is 17.7 Å². The van der Waals surface area contributed by atoms with Crippen molar-refractivity contribution < 1.29 is 4.79 Å². The maximum atomic E-state index is 12.2. The third-order valence-corrected chi connectivity index (χ3v) is 5.15. The van der Waals surface area contributed by atoms with E-state index in [0.717, 1.165) is 24.5 Å². The van der Waals surface area contributed by atoms with Crippen molar-refractivity contribution in [3.8, 4) is 6.07 Å². The second-order valence-corrected chi connectivity index (χ2v) is 6.63. The summed E-state index contributed by atoms with van der Waals surface area (Å²) < 4.78 is 0. The Kier molecular flexibility index (Phi) is 4.21. The molecule has 0 bridgehead atoms. The number of aromatic nitrogens is 1. The number of carbonyl (C=O) groups excluding carboxylic acids is 1. The highest BCUT2D eigenvalue weighted by atomic mass is 32.1. The van der Waals surface area contributed by atoms with Gasteiger partial charge in [-0.15, -0.1) is 11.3 Å². The summed E-state index contributed by atoms with van der Waals surface area (Å²) >= 11 is 1.59. The molecule has 2 aromatic rings. The maximum Gasteiger partial charge on any atom is 0.257 e. The molecule has 0 aliphatic heterocycles. The Morgan fingerprint density at radius 1 is 1.45 bits per heavy atom. The number of anilines is 1. The van der Waals surface area contributed by atoms with Crippen LogP contribution in [0, 0.1) is 17.2 Å². The molecule has 1 aromatic heterocycles. The molecule has 0 saturated heterocycles. The number of rotatable bonds is 3. The minimum atomic E-state index is -0.178. The lowest BCUT2D eigenvalue weighted by Crippen LogP contribution is -2.12. The van der Waals surface area contributed by atoms with Crippen LogP contribution in [-0.2, 0) is 12.8 Å². The van der Waals surface area contributed by atoms with E-state index >= 15 is 0 Å². The maximum absolute atomic E-state index is 12.2. The van der Waals surface area contributed by atoms with Gasteiger partial charge < -0.3 is 0 Å². The number of hydrogen-bond donors (Lipinski definition) is 1. The molecule has 1 amide bonds. The molecule has 1 aliphatic rings. The van der Waals surface area contributed by atoms with E-state index in [-0.39, 0.29) is 5.91 Å². The molecular formula is C17H17N3OS. The first-order chi connectivity index (χ1) is 10.7. The van der Waals surface area contributed by atoms with Crippen LogP contribution in [0.3, 0.4) is 0 Å². The topological polar surface area (TPSA) is 65.8 Å². The predicted molar refractivity (Wildman–Crippen MR) is 87.0 cm³/mol. The molecule has 4 nitrogen and oxygen atoms in total. The number of aryl methyl sites for hydroxylation is 1. The van der Waals surface area contributed by atoms with Crippen LogP contribution in [0.25, 0.3) is 0 Å². The lowest BCUT2D eigenvalue weighted by Gasteiger charge is -2.18. The van der Waals surface area contributed by atoms with Gasteiger partial charge in [0.05, 0.1) is 17.3 Å². The number of nitriles is 1. The highest BCUT2D eigenvalue weighted by Gasteiger charge is 2.22. The van der Waals surface area contributed by atoms with Crippen LogP contribution in [-0.4, -0.2) is 10.9 Å². The molecule has 1 aliphatic carbocycles. The number of nitrogens with one attached hydrogen (secondary N) is 1. The average molecular weight is 311 g/mol. The lowest BCUT2D eigenvalue weighted by atomic mass is 9.89. The molecule has 1 atom stereocenters. The first kappa shape index (κ1) is 14.7. The van der Waals surface area contributed by atoms with Gasteiger partial charge in [0.1, 0.15) is 0 Å². The molecule has 1 N–H and O–H groups in total. The van der Waals surface area contributed by atoms with Gasteiger partial charge >= 0.3 is 0 Å². The highest BCUT2D eigenvalue weighted by molar-refractivity contribution is 7.15. The normalized spacial score (nSPS) is 16.6. The summed E-state index contributed by atoms with van der Waals surface area (Å²) in [7, 11) is 0. The third kappa shape index (κ3) is 3.02. The molecule has 0 unspecified atom stereocenters. The van der Waals surface area contributed by atoms with Gasteiger partial charge in [0.25, 0.3) is 5.91 Å². The van der Waals surface area contributed by atoms with Crippen molar-refractivity contribution >= 4 is 22.4 Å². The highest BCUT2D eigenvalue weighted by Crippen LogP contribution is 2.33. The summed E-state index contributed by atoms with van der Waals surface area (Å²) in [6.07, 6.45) is 4.48. The van der Waals surface area contributed by atoms with Gasteiger partial charge in [-0.25, -0.2) is 4.98 Å². The minimum Gasteiger partial charge on any atom is -0.298 e. The predicted octanol–water partition coefficient (Wildman–Crippen LogP) is 3.78. The van der Waals surface area contributed by atoms with Gasteiger partial charge in [-0.2, -0.15) is 5.26 Å². The van der Waals surface area contributed by atoms with Crippen molar-refractivity contribution in [3.05, 3.63) is 46.0 Å². The molecule has 1 aromatic carbocycles. The second-order valence-electron chi connectivity index (χ2n) is 5.55. The molecule has 0 fully saturated rings. The van der Waals surface area contributed by atoms with Gasteiger partial charge in [-0.3, -0.25) is 10.1 Å². The number of amides is 1. The molecule has 5 heteroatoms. The Hall–Kier alpha value is -2.19. The summed E-state index contributed by atoms with van der Waals surface area (Å²) in [6.45, 7) is 2.23. The van der Waals surface area contributed by atoms with E-state index in [2.05, 4.69) is 17.2 Å². The second kappa shape index (κ2) is 6.29. The van der Waals surface area contributed by atoms with Crippen molar-refractivity contribution in [2.45, 2.75) is 32.6 Å². The van der Waals surface area contributed by atoms with E-state index < -0.39 is 0 Å². The molecule has 0 spiro atoms. The van der Waals surface area contributed by atoms with Crippen LogP contribution in [0.5, 0.6) is 0 Å². The zero-order chi connectivity index (χ0) is 15.5. The zero-order valence-corrected chi connectivity index (χ0v) is 13.2. The van der Waals surface area contributed by atoms with Crippen LogP contribution in [0.4, 0.5) is 5.13 Å². The van der Waals surface area contributed by atoms with Gasteiger partial charge in [0, 0.05) is 10.4 Å². The molecule has 1 heterocycles. The molecule has 0 radical (unpaired) electrons. The molecule has 3 rings (SSSR count). The van der Waals surface area contributed by atoms with Crippen molar-refractivity contribution in [2.75, 3.05) is 5.32 Å². The van der Waals surface area contributed by atoms with E-state index in [0.29, 0.717) is 16.3 Å². The van der Waals surface area contributed by atoms with Crippen molar-refractivity contribution in [1.29, 1.82) is 5.26 Å². The first-order valence-corrected chi connectivity index (χ1v) is 8.31. The fourth-order valence-electron chi connectivity index (χ4n) is 2.71. The van der Waals surface area contributed by atoms with Crippen LogP contribution in [0.15, 0.2) is 24.3 Å². The van der Waals surface area contributed by atoms with E-state index in [1.54, 1.807) is 35.6 Å². The quantitative estimate of drug-likeness (QED) is 0.938. The van der Waals surface area contributed by atoms with E-state index in [9.17, 15) is 4.79 Å². The number of thiazole rings is 1. The fourth-order valence-corrected chi connectivity index (χ4v) is 3.83. The van der Waals surface area contributed by atoms with Crippen molar-refractivity contribution in [2.24, 2.45) is 5.92 Å². The largest absolute Gasteiger partial charge is 0.298 e. The van der Waals surface area contributed by atoms with Gasteiger partial charge in [-0.05, 0) is 49.4 Å². The number of benzene rings is 1. The Morgan fingerprint density at radius 2 is 2.23 bits per heavy atom. The van der Waals surface area contributed by atoms with Gasteiger partial charge in [0.15, 0.2) is 5.13 Å². The first-order valence-electron chi connectivity index (χ1n) is 7.49. The summed E-state index contributed by atoms with van der Waals surface area (Å²) in [5, 5.41) is 12.3. The molecular weight excluding hydrogens is 294 g/mol. The van der Waals surface area contributed by atoms with Crippen LogP contribution in [0.1, 0.15) is 46.3 Å². The monoisotopic (exact) mass is 311 g/mol. The van der Waals surface area contributed by atoms with Crippen LogP contribution < -0.4 is 5.32 Å². The van der Waals surface area contributed by atoms with E-state index in [1.807, 2.05) is 6.07 Å².